The molecule has 0 aliphatic rings. The summed E-state index contributed by atoms with van der Waals surface area (Å²) in [5.74, 6) is 0. The lowest BCUT2D eigenvalue weighted by molar-refractivity contribution is 0.398. The van der Waals surface area contributed by atoms with E-state index in [0.717, 1.165) is 22.4 Å². The largest absolute Gasteiger partial charge is 0.296 e. The Hall–Kier alpha value is -0.820. The smallest absolute Gasteiger partial charge is 0.270 e. The van der Waals surface area contributed by atoms with Gasteiger partial charge in [0.15, 0.2) is 0 Å². The number of rotatable bonds is 3. The molecule has 0 amide bonds. The van der Waals surface area contributed by atoms with E-state index in [1.807, 2.05) is 17.5 Å². The van der Waals surface area contributed by atoms with Gasteiger partial charge in [-0.2, -0.15) is 8.42 Å². The molecule has 6 heteroatoms. The predicted molar refractivity (Wildman–Crippen MR) is 71.2 cm³/mol. The Morgan fingerprint density at radius 3 is 2.65 bits per heavy atom. The zero-order valence-corrected chi connectivity index (χ0v) is 11.5. The number of hydrogen-bond acceptors (Lipinski definition) is 5. The summed E-state index contributed by atoms with van der Waals surface area (Å²) in [6.07, 6.45) is 0. The van der Waals surface area contributed by atoms with E-state index in [0.29, 0.717) is 0 Å². The van der Waals surface area contributed by atoms with Crippen LogP contribution in [0.15, 0.2) is 45.5 Å². The number of hydrogen-bond donors (Lipinski definition) is 1. The summed E-state index contributed by atoms with van der Waals surface area (Å²) >= 11 is 5.86. The molecule has 90 valence electrons. The summed E-state index contributed by atoms with van der Waals surface area (Å²) in [5, 5.41) is 1.93. The van der Waals surface area contributed by atoms with Gasteiger partial charge in [-0.05, 0) is 29.6 Å². The van der Waals surface area contributed by atoms with Crippen LogP contribution in [0.25, 0.3) is 10.4 Å². The highest BCUT2D eigenvalue weighted by atomic mass is 32.2. The molecule has 17 heavy (non-hydrogen) atoms. The average Bonchev–Trinajstić information content (AvgIpc) is 2.83. The van der Waals surface area contributed by atoms with Crippen molar-refractivity contribution >= 4 is 34.1 Å². The molecule has 2 rings (SSSR count). The minimum atomic E-state index is -3.66. The SMILES string of the molecule is COS(=O)(=O)c1ccc(S)c(-c2cccs2)c1. The maximum Gasteiger partial charge on any atom is 0.296 e. The Morgan fingerprint density at radius 1 is 1.29 bits per heavy atom. The molecule has 0 radical (unpaired) electrons. The number of thiophene rings is 1. The topological polar surface area (TPSA) is 43.4 Å². The predicted octanol–water partition coefficient (Wildman–Crippen LogP) is 3.04. The van der Waals surface area contributed by atoms with Gasteiger partial charge < -0.3 is 0 Å². The fraction of sp³-hybridized carbons (Fsp3) is 0.0909. The van der Waals surface area contributed by atoms with Crippen LogP contribution in [0.4, 0.5) is 0 Å². The van der Waals surface area contributed by atoms with E-state index in [-0.39, 0.29) is 4.90 Å². The minimum absolute atomic E-state index is 0.140. The zero-order chi connectivity index (χ0) is 12.5. The molecule has 0 fully saturated rings. The molecule has 0 atom stereocenters. The molecule has 2 aromatic rings. The molecule has 0 saturated carbocycles. The van der Waals surface area contributed by atoms with Crippen molar-refractivity contribution in [3.8, 4) is 10.4 Å². The lowest BCUT2D eigenvalue weighted by Gasteiger charge is -2.06. The zero-order valence-electron chi connectivity index (χ0n) is 8.95. The van der Waals surface area contributed by atoms with Crippen LogP contribution in [-0.4, -0.2) is 15.5 Å². The second kappa shape index (κ2) is 4.81. The molecule has 0 spiro atoms. The van der Waals surface area contributed by atoms with Gasteiger partial charge in [-0.1, -0.05) is 6.07 Å². The van der Waals surface area contributed by atoms with E-state index in [1.165, 1.54) is 17.4 Å². The summed E-state index contributed by atoms with van der Waals surface area (Å²) in [4.78, 5) is 1.85. The standard InChI is InChI=1S/C11H10O3S3/c1-14-17(12,13)8-4-5-10(15)9(7-8)11-3-2-6-16-11/h2-7,15H,1H3. The first-order valence-corrected chi connectivity index (χ1v) is 7.45. The van der Waals surface area contributed by atoms with Crippen molar-refractivity contribution in [2.75, 3.05) is 7.11 Å². The van der Waals surface area contributed by atoms with Gasteiger partial charge in [-0.25, -0.2) is 0 Å². The fourth-order valence-corrected chi connectivity index (χ4v) is 3.18. The fourth-order valence-electron chi connectivity index (χ4n) is 1.40. The molecule has 0 N–H and O–H groups in total. The van der Waals surface area contributed by atoms with Crippen LogP contribution in [-0.2, 0) is 14.3 Å². The van der Waals surface area contributed by atoms with Crippen LogP contribution in [0.1, 0.15) is 0 Å². The number of benzene rings is 1. The summed E-state index contributed by atoms with van der Waals surface area (Å²) in [6.45, 7) is 0. The molecule has 0 bridgehead atoms. The van der Waals surface area contributed by atoms with E-state index in [9.17, 15) is 8.42 Å². The molecule has 1 heterocycles. The van der Waals surface area contributed by atoms with Gasteiger partial charge in [0.05, 0.1) is 12.0 Å². The van der Waals surface area contributed by atoms with Crippen LogP contribution >= 0.6 is 24.0 Å². The van der Waals surface area contributed by atoms with Crippen molar-refractivity contribution in [3.63, 3.8) is 0 Å². The summed E-state index contributed by atoms with van der Waals surface area (Å²) < 4.78 is 27.7. The second-order valence-electron chi connectivity index (χ2n) is 3.28. The first-order valence-electron chi connectivity index (χ1n) is 4.72. The van der Waals surface area contributed by atoms with Crippen molar-refractivity contribution in [2.24, 2.45) is 0 Å². The Kier molecular flexibility index (Phi) is 3.58. The lowest BCUT2D eigenvalue weighted by atomic mass is 10.2. The van der Waals surface area contributed by atoms with Crippen LogP contribution < -0.4 is 0 Å². The van der Waals surface area contributed by atoms with E-state index in [1.54, 1.807) is 12.1 Å². The van der Waals surface area contributed by atoms with Crippen LogP contribution in [0.3, 0.4) is 0 Å². The molecular weight excluding hydrogens is 276 g/mol. The van der Waals surface area contributed by atoms with E-state index in [4.69, 9.17) is 0 Å². The van der Waals surface area contributed by atoms with Crippen LogP contribution in [0, 0.1) is 0 Å². The quantitative estimate of drug-likeness (QED) is 0.696. The van der Waals surface area contributed by atoms with Crippen molar-refractivity contribution < 1.29 is 12.6 Å². The molecular formula is C11H10O3S3. The summed E-state index contributed by atoms with van der Waals surface area (Å²) in [7, 11) is -2.51. The molecule has 0 aliphatic carbocycles. The van der Waals surface area contributed by atoms with Gasteiger partial charge >= 0.3 is 0 Å². The Balaban J connectivity index is 2.59. The highest BCUT2D eigenvalue weighted by Gasteiger charge is 2.15. The van der Waals surface area contributed by atoms with Gasteiger partial charge in [0.25, 0.3) is 10.1 Å². The van der Waals surface area contributed by atoms with E-state index >= 15 is 0 Å². The van der Waals surface area contributed by atoms with Crippen molar-refractivity contribution in [2.45, 2.75) is 9.79 Å². The lowest BCUT2D eigenvalue weighted by Crippen LogP contribution is -2.02. The normalized spacial score (nSPS) is 11.6. The third kappa shape index (κ3) is 2.55. The molecule has 0 unspecified atom stereocenters. The van der Waals surface area contributed by atoms with Gasteiger partial charge in [0, 0.05) is 15.3 Å². The van der Waals surface area contributed by atoms with Gasteiger partial charge in [0.1, 0.15) is 0 Å². The van der Waals surface area contributed by atoms with Crippen molar-refractivity contribution in [3.05, 3.63) is 35.7 Å². The van der Waals surface area contributed by atoms with Gasteiger partial charge in [-0.3, -0.25) is 4.18 Å². The monoisotopic (exact) mass is 286 g/mol. The van der Waals surface area contributed by atoms with E-state index in [2.05, 4.69) is 16.8 Å². The average molecular weight is 286 g/mol. The maximum absolute atomic E-state index is 11.6. The van der Waals surface area contributed by atoms with Crippen LogP contribution in [0.5, 0.6) is 0 Å². The van der Waals surface area contributed by atoms with Crippen LogP contribution in [0.2, 0.25) is 0 Å². The Morgan fingerprint density at radius 2 is 2.06 bits per heavy atom. The van der Waals surface area contributed by atoms with Gasteiger partial charge in [-0.15, -0.1) is 24.0 Å². The van der Waals surface area contributed by atoms with Crippen molar-refractivity contribution in [1.82, 2.24) is 0 Å². The first kappa shape index (κ1) is 12.6. The summed E-state index contributed by atoms with van der Waals surface area (Å²) in [5.41, 5.74) is 0.793. The molecule has 3 nitrogen and oxygen atoms in total. The van der Waals surface area contributed by atoms with Gasteiger partial charge in [0.2, 0.25) is 0 Å². The second-order valence-corrected chi connectivity index (χ2v) is 6.42. The minimum Gasteiger partial charge on any atom is -0.270 e. The third-order valence-corrected chi connectivity index (χ3v) is 4.83. The molecule has 0 aliphatic heterocycles. The summed E-state index contributed by atoms with van der Waals surface area (Å²) in [6, 6.07) is 8.54. The Labute approximate surface area is 110 Å². The van der Waals surface area contributed by atoms with Crippen molar-refractivity contribution in [1.29, 1.82) is 0 Å². The highest BCUT2D eigenvalue weighted by Crippen LogP contribution is 2.32. The maximum atomic E-state index is 11.6. The first-order chi connectivity index (χ1) is 8.04. The third-order valence-electron chi connectivity index (χ3n) is 2.26. The number of thiol groups is 1. The molecule has 1 aromatic carbocycles. The highest BCUT2D eigenvalue weighted by molar-refractivity contribution is 7.86. The molecule has 1 aromatic heterocycles. The Bertz CT molecular complexity index is 615. The molecule has 0 saturated heterocycles. The van der Waals surface area contributed by atoms with E-state index < -0.39 is 10.1 Å².